The summed E-state index contributed by atoms with van der Waals surface area (Å²) >= 11 is 1.83. The van der Waals surface area contributed by atoms with Crippen LogP contribution in [0.5, 0.6) is 0 Å². The monoisotopic (exact) mass is 263 g/mol. The Balaban J connectivity index is 2.29. The van der Waals surface area contributed by atoms with Crippen molar-refractivity contribution in [2.75, 3.05) is 7.05 Å². The smallest absolute Gasteiger partial charge is 0.0629 e. The molecule has 2 aromatic rings. The molecular weight excluding hydrogens is 242 g/mol. The molecular formula is C14H21N3S. The molecule has 0 spiro atoms. The summed E-state index contributed by atoms with van der Waals surface area (Å²) in [6, 6.07) is 2.57. The summed E-state index contributed by atoms with van der Waals surface area (Å²) in [6.45, 7) is 6.42. The number of rotatable bonds is 4. The average Bonchev–Trinajstić information content (AvgIpc) is 2.84. The van der Waals surface area contributed by atoms with Crippen LogP contribution in [0, 0.1) is 20.8 Å². The minimum absolute atomic E-state index is 0.381. The van der Waals surface area contributed by atoms with Crippen LogP contribution >= 0.6 is 11.3 Å². The average molecular weight is 263 g/mol. The topological polar surface area (TPSA) is 29.9 Å². The molecule has 0 aliphatic rings. The van der Waals surface area contributed by atoms with Crippen LogP contribution in [0.25, 0.3) is 0 Å². The lowest BCUT2D eigenvalue weighted by molar-refractivity contribution is 0.595. The first-order valence-electron chi connectivity index (χ1n) is 6.25. The van der Waals surface area contributed by atoms with E-state index in [1.165, 1.54) is 21.7 Å². The van der Waals surface area contributed by atoms with Crippen molar-refractivity contribution in [2.45, 2.75) is 33.2 Å². The SMILES string of the molecule is CNC(Cc1c(C)nn(C)c1C)c1sccc1C. The summed E-state index contributed by atoms with van der Waals surface area (Å²) in [5, 5.41) is 10.1. The molecule has 3 nitrogen and oxygen atoms in total. The standard InChI is InChI=1S/C14H21N3S/c1-9-6-7-18-14(9)13(15-4)8-12-10(2)16-17(5)11(12)3/h6-7,13,15H,8H2,1-5H3. The Kier molecular flexibility index (Phi) is 3.88. The van der Waals surface area contributed by atoms with Crippen molar-refractivity contribution in [3.8, 4) is 0 Å². The summed E-state index contributed by atoms with van der Waals surface area (Å²) in [6.07, 6.45) is 1.00. The number of thiophene rings is 1. The van der Waals surface area contributed by atoms with Gasteiger partial charge in [0.25, 0.3) is 0 Å². The maximum absolute atomic E-state index is 4.49. The molecule has 4 heteroatoms. The molecule has 1 atom stereocenters. The number of likely N-dealkylation sites (N-methyl/N-ethyl adjacent to an activating group) is 1. The van der Waals surface area contributed by atoms with Crippen LogP contribution in [0.15, 0.2) is 11.4 Å². The van der Waals surface area contributed by atoms with Crippen molar-refractivity contribution in [3.63, 3.8) is 0 Å². The fourth-order valence-corrected chi connectivity index (χ4v) is 3.42. The van der Waals surface area contributed by atoms with Gasteiger partial charge in [-0.3, -0.25) is 4.68 Å². The quantitative estimate of drug-likeness (QED) is 0.919. The van der Waals surface area contributed by atoms with E-state index in [1.807, 2.05) is 30.1 Å². The van der Waals surface area contributed by atoms with Gasteiger partial charge < -0.3 is 5.32 Å². The minimum atomic E-state index is 0.381. The predicted octanol–water partition coefficient (Wildman–Crippen LogP) is 2.91. The van der Waals surface area contributed by atoms with E-state index >= 15 is 0 Å². The van der Waals surface area contributed by atoms with Crippen LogP contribution in [0.3, 0.4) is 0 Å². The third-order valence-electron chi connectivity index (χ3n) is 3.63. The minimum Gasteiger partial charge on any atom is -0.312 e. The summed E-state index contributed by atoms with van der Waals surface area (Å²) in [4.78, 5) is 1.43. The van der Waals surface area contributed by atoms with Gasteiger partial charge in [0.05, 0.1) is 5.69 Å². The van der Waals surface area contributed by atoms with Crippen molar-refractivity contribution in [2.24, 2.45) is 7.05 Å². The normalized spacial score (nSPS) is 12.9. The van der Waals surface area contributed by atoms with Gasteiger partial charge in [0, 0.05) is 23.7 Å². The number of nitrogens with one attached hydrogen (secondary N) is 1. The largest absolute Gasteiger partial charge is 0.312 e. The highest BCUT2D eigenvalue weighted by Gasteiger charge is 2.18. The van der Waals surface area contributed by atoms with Crippen molar-refractivity contribution in [3.05, 3.63) is 38.8 Å². The van der Waals surface area contributed by atoms with Gasteiger partial charge in [0.1, 0.15) is 0 Å². The number of hydrogen-bond donors (Lipinski definition) is 1. The molecule has 0 fully saturated rings. The number of aryl methyl sites for hydroxylation is 3. The highest BCUT2D eigenvalue weighted by Crippen LogP contribution is 2.28. The molecule has 0 bridgehead atoms. The molecule has 0 saturated carbocycles. The van der Waals surface area contributed by atoms with Crippen LogP contribution in [0.2, 0.25) is 0 Å². The van der Waals surface area contributed by atoms with E-state index in [0.717, 1.165) is 12.1 Å². The van der Waals surface area contributed by atoms with Gasteiger partial charge in [-0.05, 0) is 56.8 Å². The van der Waals surface area contributed by atoms with E-state index in [9.17, 15) is 0 Å². The molecule has 2 heterocycles. The molecule has 1 N–H and O–H groups in total. The first-order valence-corrected chi connectivity index (χ1v) is 7.13. The van der Waals surface area contributed by atoms with Gasteiger partial charge in [-0.1, -0.05) is 0 Å². The molecule has 0 radical (unpaired) electrons. The van der Waals surface area contributed by atoms with E-state index in [2.05, 4.69) is 42.6 Å². The van der Waals surface area contributed by atoms with Gasteiger partial charge in [0.2, 0.25) is 0 Å². The Labute approximate surface area is 113 Å². The van der Waals surface area contributed by atoms with Crippen LogP contribution in [0.4, 0.5) is 0 Å². The van der Waals surface area contributed by atoms with Gasteiger partial charge in [0.15, 0.2) is 0 Å². The van der Waals surface area contributed by atoms with E-state index in [0.29, 0.717) is 6.04 Å². The predicted molar refractivity (Wildman–Crippen MR) is 77.2 cm³/mol. The van der Waals surface area contributed by atoms with E-state index < -0.39 is 0 Å². The summed E-state index contributed by atoms with van der Waals surface area (Å²) in [5.41, 5.74) is 5.15. The Bertz CT molecular complexity index is 539. The zero-order valence-corrected chi connectivity index (χ0v) is 12.6. The van der Waals surface area contributed by atoms with E-state index in [-0.39, 0.29) is 0 Å². The molecule has 18 heavy (non-hydrogen) atoms. The van der Waals surface area contributed by atoms with Gasteiger partial charge >= 0.3 is 0 Å². The molecule has 0 amide bonds. The highest BCUT2D eigenvalue weighted by molar-refractivity contribution is 7.10. The summed E-state index contributed by atoms with van der Waals surface area (Å²) in [5.74, 6) is 0. The third kappa shape index (κ3) is 2.35. The fraction of sp³-hybridized carbons (Fsp3) is 0.500. The second kappa shape index (κ2) is 5.24. The Morgan fingerprint density at radius 1 is 1.39 bits per heavy atom. The van der Waals surface area contributed by atoms with Crippen molar-refractivity contribution in [1.82, 2.24) is 15.1 Å². The molecule has 98 valence electrons. The van der Waals surface area contributed by atoms with Crippen molar-refractivity contribution in [1.29, 1.82) is 0 Å². The second-order valence-corrected chi connectivity index (χ2v) is 5.73. The van der Waals surface area contributed by atoms with Crippen LogP contribution in [-0.4, -0.2) is 16.8 Å². The van der Waals surface area contributed by atoms with E-state index in [4.69, 9.17) is 0 Å². The number of aromatic nitrogens is 2. The first-order chi connectivity index (χ1) is 8.54. The molecule has 2 rings (SSSR count). The van der Waals surface area contributed by atoms with Crippen molar-refractivity contribution < 1.29 is 0 Å². The van der Waals surface area contributed by atoms with Crippen LogP contribution < -0.4 is 5.32 Å². The first kappa shape index (κ1) is 13.3. The lowest BCUT2D eigenvalue weighted by Gasteiger charge is -2.16. The third-order valence-corrected chi connectivity index (χ3v) is 4.77. The fourth-order valence-electron chi connectivity index (χ4n) is 2.38. The van der Waals surface area contributed by atoms with Gasteiger partial charge in [-0.2, -0.15) is 5.10 Å². The Morgan fingerprint density at radius 3 is 2.56 bits per heavy atom. The Hall–Kier alpha value is -1.13. The van der Waals surface area contributed by atoms with Gasteiger partial charge in [-0.25, -0.2) is 0 Å². The maximum atomic E-state index is 4.49. The van der Waals surface area contributed by atoms with Gasteiger partial charge in [-0.15, -0.1) is 11.3 Å². The molecule has 2 aromatic heterocycles. The van der Waals surface area contributed by atoms with Crippen molar-refractivity contribution >= 4 is 11.3 Å². The zero-order chi connectivity index (χ0) is 13.3. The van der Waals surface area contributed by atoms with Crippen LogP contribution in [-0.2, 0) is 13.5 Å². The number of nitrogens with zero attached hydrogens (tertiary/aromatic N) is 2. The summed E-state index contributed by atoms with van der Waals surface area (Å²) < 4.78 is 1.97. The lowest BCUT2D eigenvalue weighted by atomic mass is 10.0. The molecule has 0 aliphatic heterocycles. The number of hydrogen-bond acceptors (Lipinski definition) is 3. The molecule has 0 aliphatic carbocycles. The molecule has 0 aromatic carbocycles. The zero-order valence-electron chi connectivity index (χ0n) is 11.7. The Morgan fingerprint density at radius 2 is 2.11 bits per heavy atom. The second-order valence-electron chi connectivity index (χ2n) is 4.79. The van der Waals surface area contributed by atoms with E-state index in [1.54, 1.807) is 0 Å². The molecule has 0 saturated heterocycles. The molecule has 1 unspecified atom stereocenters. The highest BCUT2D eigenvalue weighted by atomic mass is 32.1. The maximum Gasteiger partial charge on any atom is 0.0629 e. The summed E-state index contributed by atoms with van der Waals surface area (Å²) in [7, 11) is 4.04. The van der Waals surface area contributed by atoms with Crippen LogP contribution in [0.1, 0.15) is 33.4 Å². The lowest BCUT2D eigenvalue weighted by Crippen LogP contribution is -2.19.